The van der Waals surface area contributed by atoms with E-state index in [2.05, 4.69) is 0 Å². The predicted octanol–water partition coefficient (Wildman–Crippen LogP) is 5.18. The molecular formula is C17H30B2O2. The largest absolute Gasteiger partial charge is 0.415 e. The summed E-state index contributed by atoms with van der Waals surface area (Å²) in [5.41, 5.74) is 0. The predicted molar refractivity (Wildman–Crippen MR) is 88.9 cm³/mol. The van der Waals surface area contributed by atoms with Crippen molar-refractivity contribution in [3.8, 4) is 0 Å². The topological polar surface area (TPSA) is 18.5 Å². The van der Waals surface area contributed by atoms with Crippen molar-refractivity contribution >= 4 is 13.8 Å². The molecular weight excluding hydrogens is 258 g/mol. The molecule has 21 heavy (non-hydrogen) atoms. The van der Waals surface area contributed by atoms with Crippen LogP contribution in [-0.4, -0.2) is 20.6 Å². The summed E-state index contributed by atoms with van der Waals surface area (Å²) in [6.45, 7) is 1.63. The van der Waals surface area contributed by atoms with Crippen molar-refractivity contribution in [2.45, 2.75) is 100 Å². The fraction of sp³-hybridized carbons (Fsp3) is 1.00. The number of fused-ring (bicyclic) bond motifs is 4. The van der Waals surface area contributed by atoms with Gasteiger partial charge in [-0.2, -0.15) is 0 Å². The van der Waals surface area contributed by atoms with Gasteiger partial charge in [-0.15, -0.1) is 0 Å². The van der Waals surface area contributed by atoms with Gasteiger partial charge >= 0.3 is 13.8 Å². The van der Waals surface area contributed by atoms with Crippen LogP contribution in [0.3, 0.4) is 0 Å². The van der Waals surface area contributed by atoms with Crippen LogP contribution in [-0.2, 0) is 9.31 Å². The molecule has 0 aliphatic carbocycles. The molecule has 0 aromatic rings. The Morgan fingerprint density at radius 3 is 1.10 bits per heavy atom. The molecule has 0 unspecified atom stereocenters. The highest BCUT2D eigenvalue weighted by atomic mass is 16.6. The van der Waals surface area contributed by atoms with Crippen molar-refractivity contribution in [1.82, 2.24) is 0 Å². The summed E-state index contributed by atoms with van der Waals surface area (Å²) >= 11 is 0. The van der Waals surface area contributed by atoms with Gasteiger partial charge in [-0.1, -0.05) is 77.0 Å². The summed E-state index contributed by atoms with van der Waals surface area (Å²) in [6.07, 6.45) is 16.9. The molecule has 4 fully saturated rings. The van der Waals surface area contributed by atoms with Gasteiger partial charge in [0, 0.05) is 0 Å². The van der Waals surface area contributed by atoms with Crippen molar-refractivity contribution in [3.05, 3.63) is 0 Å². The van der Waals surface area contributed by atoms with Gasteiger partial charge in [-0.3, -0.25) is 0 Å². The molecule has 4 heteroatoms. The summed E-state index contributed by atoms with van der Waals surface area (Å²) in [6, 6.07) is 0. The molecule has 0 aromatic heterocycles. The summed E-state index contributed by atoms with van der Waals surface area (Å²) < 4.78 is 12.6. The molecule has 4 bridgehead atoms. The standard InChI is InChI=1S/C17H30B2O2/c1-5-14-7-2-8-15(6-1)18(14)20-13-21-19-16-9-3-10-17(19)12-4-11-16/h14-17H,1-13H2. The van der Waals surface area contributed by atoms with E-state index in [1.54, 1.807) is 0 Å². The molecule has 0 spiro atoms. The van der Waals surface area contributed by atoms with E-state index in [0.29, 0.717) is 20.6 Å². The van der Waals surface area contributed by atoms with Crippen LogP contribution >= 0.6 is 0 Å². The van der Waals surface area contributed by atoms with E-state index in [-0.39, 0.29) is 0 Å². The lowest BCUT2D eigenvalue weighted by molar-refractivity contribution is 0.0938. The van der Waals surface area contributed by atoms with Crippen molar-refractivity contribution in [1.29, 1.82) is 0 Å². The molecule has 0 aromatic carbocycles. The second-order valence-electron chi connectivity index (χ2n) is 8.14. The molecule has 0 radical (unpaired) electrons. The lowest BCUT2D eigenvalue weighted by Crippen LogP contribution is -2.41. The van der Waals surface area contributed by atoms with Crippen LogP contribution < -0.4 is 0 Å². The molecule has 4 heterocycles. The Labute approximate surface area is 130 Å². The van der Waals surface area contributed by atoms with Crippen LogP contribution in [0.4, 0.5) is 0 Å². The monoisotopic (exact) mass is 288 g/mol. The van der Waals surface area contributed by atoms with Gasteiger partial charge in [-0.05, 0) is 23.3 Å². The number of rotatable bonds is 4. The van der Waals surface area contributed by atoms with E-state index in [0.717, 1.165) is 23.3 Å². The van der Waals surface area contributed by atoms with Crippen LogP contribution in [0.25, 0.3) is 0 Å². The summed E-state index contributed by atoms with van der Waals surface area (Å²) in [5.74, 6) is 3.36. The Morgan fingerprint density at radius 1 is 0.524 bits per heavy atom. The van der Waals surface area contributed by atoms with Crippen LogP contribution in [0, 0.1) is 0 Å². The van der Waals surface area contributed by atoms with Crippen molar-refractivity contribution in [2.24, 2.45) is 0 Å². The number of hydrogen-bond acceptors (Lipinski definition) is 2. The first-order chi connectivity index (χ1) is 10.4. The maximum Gasteiger partial charge on any atom is 0.302 e. The maximum absolute atomic E-state index is 6.30. The zero-order valence-electron chi connectivity index (χ0n) is 13.5. The second kappa shape index (κ2) is 6.66. The Kier molecular flexibility index (Phi) is 4.64. The smallest absolute Gasteiger partial charge is 0.302 e. The van der Waals surface area contributed by atoms with E-state index in [9.17, 15) is 0 Å². The summed E-state index contributed by atoms with van der Waals surface area (Å²) in [4.78, 5) is 0. The van der Waals surface area contributed by atoms with Crippen molar-refractivity contribution in [3.63, 3.8) is 0 Å². The lowest BCUT2D eigenvalue weighted by atomic mass is 9.37. The minimum Gasteiger partial charge on any atom is -0.415 e. The van der Waals surface area contributed by atoms with E-state index in [4.69, 9.17) is 9.31 Å². The molecule has 2 nitrogen and oxygen atoms in total. The summed E-state index contributed by atoms with van der Waals surface area (Å²) in [7, 11) is 0. The fourth-order valence-electron chi connectivity index (χ4n) is 5.97. The van der Waals surface area contributed by atoms with Gasteiger partial charge in [0.15, 0.2) is 0 Å². The molecule has 0 saturated carbocycles. The van der Waals surface area contributed by atoms with Gasteiger partial charge in [0.25, 0.3) is 0 Å². The first kappa shape index (κ1) is 14.6. The minimum absolute atomic E-state index is 0.524. The molecule has 116 valence electrons. The van der Waals surface area contributed by atoms with Crippen molar-refractivity contribution < 1.29 is 9.31 Å². The quantitative estimate of drug-likeness (QED) is 0.524. The average Bonchev–Trinajstić information content (AvgIpc) is 2.46. The molecule has 4 rings (SSSR count). The van der Waals surface area contributed by atoms with Gasteiger partial charge < -0.3 is 9.31 Å². The Hall–Kier alpha value is 0.0499. The molecule has 0 amide bonds. The van der Waals surface area contributed by atoms with Crippen LogP contribution in [0.1, 0.15) is 77.0 Å². The Morgan fingerprint density at radius 2 is 0.810 bits per heavy atom. The van der Waals surface area contributed by atoms with E-state index < -0.39 is 0 Å². The lowest BCUT2D eigenvalue weighted by Gasteiger charge is -2.41. The van der Waals surface area contributed by atoms with E-state index >= 15 is 0 Å². The molecule has 4 aliphatic rings. The molecule has 0 atom stereocenters. The Bertz CT molecular complexity index is 276. The highest BCUT2D eigenvalue weighted by Gasteiger charge is 2.43. The average molecular weight is 288 g/mol. The first-order valence-corrected chi connectivity index (χ1v) is 9.65. The normalized spacial score (nSPS) is 39.4. The van der Waals surface area contributed by atoms with Gasteiger partial charge in [0.2, 0.25) is 0 Å². The van der Waals surface area contributed by atoms with Crippen LogP contribution in [0.2, 0.25) is 23.3 Å². The fourth-order valence-corrected chi connectivity index (χ4v) is 5.97. The third kappa shape index (κ3) is 3.08. The molecule has 4 aliphatic heterocycles. The van der Waals surface area contributed by atoms with Gasteiger partial charge in [0.05, 0.1) is 0 Å². The minimum atomic E-state index is 0.524. The molecule has 4 saturated heterocycles. The van der Waals surface area contributed by atoms with Gasteiger partial charge in [-0.25, -0.2) is 0 Å². The maximum atomic E-state index is 6.30. The van der Waals surface area contributed by atoms with Crippen molar-refractivity contribution in [2.75, 3.05) is 6.79 Å². The SMILES string of the molecule is C1CC2CCCC(C1)B2OCOB1C2CCCC1CCC2. The highest BCUT2D eigenvalue weighted by molar-refractivity contribution is 6.57. The zero-order valence-corrected chi connectivity index (χ0v) is 13.5. The third-order valence-corrected chi connectivity index (χ3v) is 6.98. The molecule has 0 N–H and O–H groups in total. The van der Waals surface area contributed by atoms with E-state index in [1.165, 1.54) is 77.0 Å². The third-order valence-electron chi connectivity index (χ3n) is 6.98. The van der Waals surface area contributed by atoms with E-state index in [1.807, 2.05) is 0 Å². The van der Waals surface area contributed by atoms with Crippen LogP contribution in [0.15, 0.2) is 0 Å². The highest BCUT2D eigenvalue weighted by Crippen LogP contribution is 2.48. The summed E-state index contributed by atoms with van der Waals surface area (Å²) in [5, 5.41) is 0. The van der Waals surface area contributed by atoms with Gasteiger partial charge in [0.1, 0.15) is 6.79 Å². The Balaban J connectivity index is 1.29. The second-order valence-corrected chi connectivity index (χ2v) is 8.14. The zero-order chi connectivity index (χ0) is 14.1. The number of hydrogen-bond donors (Lipinski definition) is 0. The van der Waals surface area contributed by atoms with Crippen LogP contribution in [0.5, 0.6) is 0 Å². The first-order valence-electron chi connectivity index (χ1n) is 9.65.